The molecule has 0 radical (unpaired) electrons. The fourth-order valence-electron chi connectivity index (χ4n) is 1.69. The number of carbonyl (C=O) groups is 1. The lowest BCUT2D eigenvalue weighted by Crippen LogP contribution is -2.31. The van der Waals surface area contributed by atoms with Crippen molar-refractivity contribution in [2.45, 2.75) is 0 Å². The van der Waals surface area contributed by atoms with Gasteiger partial charge in [0.05, 0.1) is 15.7 Å². The first-order valence-corrected chi connectivity index (χ1v) is 6.56. The smallest absolute Gasteiger partial charge is 0.423 e. The molecule has 0 saturated heterocycles. The summed E-state index contributed by atoms with van der Waals surface area (Å²) in [5.74, 6) is -1.41. The standard InChI is InChI=1S/C13H9BCl2FNO3/c15-10-2-1-3-11(12(10)16)18-13(19)7-4-8(14(20)21)6-9(17)5-7/h1-6,20-21H,(H,18,19). The third kappa shape index (κ3) is 3.74. The number of halogens is 3. The third-order valence-corrected chi connectivity index (χ3v) is 3.50. The summed E-state index contributed by atoms with van der Waals surface area (Å²) in [6.07, 6.45) is 0. The molecule has 2 rings (SSSR count). The Morgan fingerprint density at radius 2 is 1.90 bits per heavy atom. The first-order valence-electron chi connectivity index (χ1n) is 5.80. The first kappa shape index (κ1) is 15.8. The van der Waals surface area contributed by atoms with Gasteiger partial charge in [0.1, 0.15) is 5.82 Å². The lowest BCUT2D eigenvalue weighted by Gasteiger charge is -2.09. The van der Waals surface area contributed by atoms with Crippen LogP contribution in [0.15, 0.2) is 36.4 Å². The molecule has 0 fully saturated rings. The Hall–Kier alpha value is -1.60. The Morgan fingerprint density at radius 1 is 1.19 bits per heavy atom. The maximum absolute atomic E-state index is 13.4. The van der Waals surface area contributed by atoms with Gasteiger partial charge in [0.15, 0.2) is 0 Å². The number of nitrogens with one attached hydrogen (secondary N) is 1. The Kier molecular flexibility index (Phi) is 4.85. The summed E-state index contributed by atoms with van der Waals surface area (Å²) >= 11 is 11.8. The van der Waals surface area contributed by atoms with Crippen LogP contribution in [0.2, 0.25) is 10.0 Å². The fraction of sp³-hybridized carbons (Fsp3) is 0. The van der Waals surface area contributed by atoms with Crippen molar-refractivity contribution in [3.63, 3.8) is 0 Å². The van der Waals surface area contributed by atoms with E-state index in [1.54, 1.807) is 12.1 Å². The fourth-order valence-corrected chi connectivity index (χ4v) is 2.04. The van der Waals surface area contributed by atoms with E-state index in [9.17, 15) is 9.18 Å². The second-order valence-electron chi connectivity index (χ2n) is 4.20. The lowest BCUT2D eigenvalue weighted by atomic mass is 9.79. The van der Waals surface area contributed by atoms with Crippen molar-refractivity contribution < 1.29 is 19.2 Å². The van der Waals surface area contributed by atoms with Crippen LogP contribution in [0.5, 0.6) is 0 Å². The SMILES string of the molecule is O=C(Nc1cccc(Cl)c1Cl)c1cc(F)cc(B(O)O)c1. The van der Waals surface area contributed by atoms with Gasteiger partial charge in [-0.05, 0) is 35.8 Å². The summed E-state index contributed by atoms with van der Waals surface area (Å²) in [6.45, 7) is 0. The van der Waals surface area contributed by atoms with Crippen LogP contribution in [0.25, 0.3) is 0 Å². The highest BCUT2D eigenvalue weighted by atomic mass is 35.5. The minimum Gasteiger partial charge on any atom is -0.423 e. The topological polar surface area (TPSA) is 69.6 Å². The molecule has 0 atom stereocenters. The van der Waals surface area contributed by atoms with Crippen LogP contribution >= 0.6 is 23.2 Å². The summed E-state index contributed by atoms with van der Waals surface area (Å²) in [7, 11) is -1.87. The molecule has 0 saturated carbocycles. The Bertz CT molecular complexity index is 697. The van der Waals surface area contributed by atoms with E-state index >= 15 is 0 Å². The highest BCUT2D eigenvalue weighted by Crippen LogP contribution is 2.29. The summed E-state index contributed by atoms with van der Waals surface area (Å²) in [4.78, 5) is 12.1. The van der Waals surface area contributed by atoms with Gasteiger partial charge in [-0.3, -0.25) is 4.79 Å². The summed E-state index contributed by atoms with van der Waals surface area (Å²) in [5, 5.41) is 21.0. The maximum Gasteiger partial charge on any atom is 0.488 e. The zero-order chi connectivity index (χ0) is 15.6. The highest BCUT2D eigenvalue weighted by Gasteiger charge is 2.17. The molecule has 0 bridgehead atoms. The van der Waals surface area contributed by atoms with E-state index < -0.39 is 18.8 Å². The van der Waals surface area contributed by atoms with E-state index in [2.05, 4.69) is 5.32 Å². The van der Waals surface area contributed by atoms with Crippen LogP contribution in [-0.4, -0.2) is 23.1 Å². The number of anilines is 1. The summed E-state index contributed by atoms with van der Waals surface area (Å²) in [5.41, 5.74) is 0.0657. The van der Waals surface area contributed by atoms with Crippen LogP contribution in [0, 0.1) is 5.82 Å². The Labute approximate surface area is 130 Å². The van der Waals surface area contributed by atoms with Crippen molar-refractivity contribution in [2.24, 2.45) is 0 Å². The third-order valence-electron chi connectivity index (χ3n) is 2.68. The molecule has 0 heterocycles. The molecule has 0 aliphatic heterocycles. The van der Waals surface area contributed by atoms with E-state index in [0.717, 1.165) is 12.1 Å². The van der Waals surface area contributed by atoms with Gasteiger partial charge in [-0.2, -0.15) is 0 Å². The van der Waals surface area contributed by atoms with E-state index in [-0.39, 0.29) is 26.8 Å². The van der Waals surface area contributed by atoms with E-state index in [0.29, 0.717) is 0 Å². The van der Waals surface area contributed by atoms with Crippen molar-refractivity contribution in [1.29, 1.82) is 0 Å². The normalized spacial score (nSPS) is 10.3. The van der Waals surface area contributed by atoms with Gasteiger partial charge in [-0.25, -0.2) is 4.39 Å². The van der Waals surface area contributed by atoms with Gasteiger partial charge in [-0.1, -0.05) is 29.3 Å². The minimum absolute atomic E-state index is 0.0749. The molecule has 0 aliphatic carbocycles. The molecular formula is C13H9BCl2FNO3. The second-order valence-corrected chi connectivity index (χ2v) is 4.99. The lowest BCUT2D eigenvalue weighted by molar-refractivity contribution is 0.102. The van der Waals surface area contributed by atoms with E-state index in [1.165, 1.54) is 12.1 Å². The van der Waals surface area contributed by atoms with Crippen molar-refractivity contribution in [3.8, 4) is 0 Å². The largest absolute Gasteiger partial charge is 0.488 e. The first-order chi connectivity index (χ1) is 9.88. The molecule has 0 aromatic heterocycles. The van der Waals surface area contributed by atoms with Crippen LogP contribution in [0.4, 0.5) is 10.1 Å². The molecule has 2 aromatic rings. The predicted octanol–water partition coefficient (Wildman–Crippen LogP) is 2.06. The van der Waals surface area contributed by atoms with Crippen molar-refractivity contribution in [2.75, 3.05) is 5.32 Å². The predicted molar refractivity (Wildman–Crippen MR) is 80.6 cm³/mol. The van der Waals surface area contributed by atoms with Crippen molar-refractivity contribution in [3.05, 3.63) is 57.8 Å². The molecule has 21 heavy (non-hydrogen) atoms. The monoisotopic (exact) mass is 327 g/mol. The highest BCUT2D eigenvalue weighted by molar-refractivity contribution is 6.58. The van der Waals surface area contributed by atoms with Crippen molar-refractivity contribution >= 4 is 47.4 Å². The number of rotatable bonds is 3. The van der Waals surface area contributed by atoms with Crippen molar-refractivity contribution in [1.82, 2.24) is 0 Å². The van der Waals surface area contributed by atoms with Gasteiger partial charge >= 0.3 is 7.12 Å². The maximum atomic E-state index is 13.4. The van der Waals surface area contributed by atoms with E-state index in [4.69, 9.17) is 33.2 Å². The molecule has 0 spiro atoms. The minimum atomic E-state index is -1.87. The molecule has 3 N–H and O–H groups in total. The molecule has 8 heteroatoms. The van der Waals surface area contributed by atoms with Gasteiger partial charge in [-0.15, -0.1) is 0 Å². The van der Waals surface area contributed by atoms with E-state index in [1.807, 2.05) is 0 Å². The average molecular weight is 328 g/mol. The Morgan fingerprint density at radius 3 is 2.57 bits per heavy atom. The van der Waals surface area contributed by atoms with Crippen LogP contribution in [0.3, 0.4) is 0 Å². The number of carbonyl (C=O) groups excluding carboxylic acids is 1. The summed E-state index contributed by atoms with van der Waals surface area (Å²) in [6, 6.07) is 7.75. The quantitative estimate of drug-likeness (QED) is 0.756. The number of hydrogen-bond donors (Lipinski definition) is 3. The number of benzene rings is 2. The Balaban J connectivity index is 2.30. The molecule has 108 valence electrons. The number of hydrogen-bond acceptors (Lipinski definition) is 3. The zero-order valence-electron chi connectivity index (χ0n) is 10.5. The van der Waals surface area contributed by atoms with Gasteiger partial charge in [0.25, 0.3) is 5.91 Å². The molecule has 2 aromatic carbocycles. The second kappa shape index (κ2) is 6.45. The van der Waals surface area contributed by atoms with Gasteiger partial charge in [0, 0.05) is 5.56 Å². The summed E-state index contributed by atoms with van der Waals surface area (Å²) < 4.78 is 13.4. The van der Waals surface area contributed by atoms with Crippen LogP contribution < -0.4 is 10.8 Å². The molecule has 1 amide bonds. The molecule has 0 unspecified atom stereocenters. The number of amides is 1. The van der Waals surface area contributed by atoms with Gasteiger partial charge < -0.3 is 15.4 Å². The average Bonchev–Trinajstić information content (AvgIpc) is 2.43. The molecule has 0 aliphatic rings. The van der Waals surface area contributed by atoms with Gasteiger partial charge in [0.2, 0.25) is 0 Å². The molecular weight excluding hydrogens is 319 g/mol. The molecule has 4 nitrogen and oxygen atoms in total. The zero-order valence-corrected chi connectivity index (χ0v) is 12.0. The van der Waals surface area contributed by atoms with Crippen LogP contribution in [0.1, 0.15) is 10.4 Å². The van der Waals surface area contributed by atoms with Crippen LogP contribution in [-0.2, 0) is 0 Å².